The van der Waals surface area contributed by atoms with Crippen molar-refractivity contribution in [2.24, 2.45) is 0 Å². The zero-order valence-electron chi connectivity index (χ0n) is 6.79. The second-order valence-corrected chi connectivity index (χ2v) is 3.10. The summed E-state index contributed by atoms with van der Waals surface area (Å²) in [5.74, 6) is 0.521. The summed E-state index contributed by atoms with van der Waals surface area (Å²) in [5.41, 5.74) is 3.42. The van der Waals surface area contributed by atoms with E-state index in [-0.39, 0.29) is 0 Å². The van der Waals surface area contributed by atoms with Crippen LogP contribution < -0.4 is 0 Å². The van der Waals surface area contributed by atoms with Crippen molar-refractivity contribution in [2.75, 3.05) is 0 Å². The van der Waals surface area contributed by atoms with Crippen molar-refractivity contribution in [3.8, 4) is 0 Å². The van der Waals surface area contributed by atoms with Crippen molar-refractivity contribution >= 4 is 17.1 Å². The third-order valence-electron chi connectivity index (χ3n) is 1.90. The van der Waals surface area contributed by atoms with Crippen LogP contribution in [0.25, 0.3) is 5.52 Å². The predicted octanol–water partition coefficient (Wildman–Crippen LogP) is 2.38. The number of alkyl halides is 1. The van der Waals surface area contributed by atoms with E-state index < -0.39 is 0 Å². The number of pyridine rings is 1. The van der Waals surface area contributed by atoms with Gasteiger partial charge in [0, 0.05) is 11.8 Å². The summed E-state index contributed by atoms with van der Waals surface area (Å²) in [6.07, 6.45) is 3.75. The van der Waals surface area contributed by atoms with Gasteiger partial charge in [0.1, 0.15) is 0 Å². The Morgan fingerprint density at radius 3 is 3.17 bits per heavy atom. The Bertz CT molecular complexity index is 406. The topological polar surface area (TPSA) is 17.3 Å². The summed E-state index contributed by atoms with van der Waals surface area (Å²) in [5, 5.41) is 4.16. The molecule has 0 unspecified atom stereocenters. The molecule has 0 aliphatic rings. The lowest BCUT2D eigenvalue weighted by molar-refractivity contribution is 0.958. The number of hydrogen-bond acceptors (Lipinski definition) is 1. The number of fused-ring (bicyclic) bond motifs is 1. The monoisotopic (exact) mass is 180 g/mol. The molecule has 0 aliphatic heterocycles. The zero-order chi connectivity index (χ0) is 8.55. The van der Waals surface area contributed by atoms with Gasteiger partial charge in [-0.2, -0.15) is 5.10 Å². The van der Waals surface area contributed by atoms with Gasteiger partial charge in [0.25, 0.3) is 0 Å². The molecule has 62 valence electrons. The van der Waals surface area contributed by atoms with E-state index >= 15 is 0 Å². The third-order valence-corrected chi connectivity index (χ3v) is 2.19. The summed E-state index contributed by atoms with van der Waals surface area (Å²) >= 11 is 5.75. The Morgan fingerprint density at radius 1 is 1.58 bits per heavy atom. The van der Waals surface area contributed by atoms with Crippen LogP contribution in [0.4, 0.5) is 0 Å². The Hall–Kier alpha value is -1.02. The van der Waals surface area contributed by atoms with Gasteiger partial charge in [-0.15, -0.1) is 11.6 Å². The number of aromatic nitrogens is 2. The first-order chi connectivity index (χ1) is 5.81. The van der Waals surface area contributed by atoms with Gasteiger partial charge in [-0.25, -0.2) is 4.52 Å². The summed E-state index contributed by atoms with van der Waals surface area (Å²) in [6.45, 7) is 2.06. The lowest BCUT2D eigenvalue weighted by Crippen LogP contribution is -1.86. The van der Waals surface area contributed by atoms with Gasteiger partial charge < -0.3 is 0 Å². The van der Waals surface area contributed by atoms with Crippen LogP contribution in [0.15, 0.2) is 24.5 Å². The molecule has 0 radical (unpaired) electrons. The highest BCUT2D eigenvalue weighted by Crippen LogP contribution is 2.13. The molecule has 0 bridgehead atoms. The number of halogens is 1. The molecule has 2 aromatic rings. The molecule has 0 spiro atoms. The fourth-order valence-electron chi connectivity index (χ4n) is 1.24. The van der Waals surface area contributed by atoms with Crippen LogP contribution in [0, 0.1) is 6.92 Å². The quantitative estimate of drug-likeness (QED) is 0.616. The maximum Gasteiger partial charge on any atom is 0.0708 e. The van der Waals surface area contributed by atoms with Crippen LogP contribution in [0.2, 0.25) is 0 Å². The van der Waals surface area contributed by atoms with Crippen LogP contribution in [0.1, 0.15) is 11.1 Å². The van der Waals surface area contributed by atoms with E-state index in [1.54, 1.807) is 0 Å². The smallest absolute Gasteiger partial charge is 0.0708 e. The highest BCUT2D eigenvalue weighted by Gasteiger charge is 2.01. The number of nitrogens with zero attached hydrogens (tertiary/aromatic N) is 2. The first kappa shape index (κ1) is 7.62. The first-order valence-corrected chi connectivity index (χ1v) is 4.33. The summed E-state index contributed by atoms with van der Waals surface area (Å²) in [4.78, 5) is 0. The average Bonchev–Trinajstić information content (AvgIpc) is 2.46. The molecule has 0 atom stereocenters. The van der Waals surface area contributed by atoms with Crippen LogP contribution in [0.5, 0.6) is 0 Å². The van der Waals surface area contributed by atoms with E-state index in [4.69, 9.17) is 11.6 Å². The summed E-state index contributed by atoms with van der Waals surface area (Å²) in [7, 11) is 0. The van der Waals surface area contributed by atoms with Crippen molar-refractivity contribution in [1.82, 2.24) is 9.61 Å². The average molecular weight is 181 g/mol. The minimum Gasteiger partial charge on any atom is -0.241 e. The van der Waals surface area contributed by atoms with Crippen molar-refractivity contribution < 1.29 is 0 Å². The van der Waals surface area contributed by atoms with Gasteiger partial charge in [-0.1, -0.05) is 0 Å². The Morgan fingerprint density at radius 2 is 2.42 bits per heavy atom. The molecule has 3 heteroatoms. The van der Waals surface area contributed by atoms with Crippen molar-refractivity contribution in [3.63, 3.8) is 0 Å². The maximum absolute atomic E-state index is 5.75. The minimum absolute atomic E-state index is 0.521. The molecule has 2 heterocycles. The van der Waals surface area contributed by atoms with Crippen LogP contribution in [-0.2, 0) is 5.88 Å². The molecule has 0 amide bonds. The fourth-order valence-corrected chi connectivity index (χ4v) is 1.45. The van der Waals surface area contributed by atoms with Crippen LogP contribution in [-0.4, -0.2) is 9.61 Å². The molecule has 0 fully saturated rings. The van der Waals surface area contributed by atoms with Gasteiger partial charge in [0.05, 0.1) is 17.6 Å². The lowest BCUT2D eigenvalue weighted by Gasteiger charge is -1.95. The maximum atomic E-state index is 5.75. The van der Waals surface area contributed by atoms with Gasteiger partial charge in [0.15, 0.2) is 0 Å². The number of hydrogen-bond donors (Lipinski definition) is 0. The van der Waals surface area contributed by atoms with Gasteiger partial charge in [0.2, 0.25) is 0 Å². The van der Waals surface area contributed by atoms with Crippen LogP contribution >= 0.6 is 11.6 Å². The van der Waals surface area contributed by atoms with Crippen molar-refractivity contribution in [3.05, 3.63) is 35.7 Å². The lowest BCUT2D eigenvalue weighted by atomic mass is 10.2. The van der Waals surface area contributed by atoms with E-state index in [0.29, 0.717) is 5.88 Å². The predicted molar refractivity (Wildman–Crippen MR) is 49.5 cm³/mol. The van der Waals surface area contributed by atoms with E-state index in [1.165, 1.54) is 5.56 Å². The van der Waals surface area contributed by atoms with E-state index in [2.05, 4.69) is 18.1 Å². The molecule has 0 saturated carbocycles. The molecule has 2 aromatic heterocycles. The largest absolute Gasteiger partial charge is 0.241 e. The molecular weight excluding hydrogens is 172 g/mol. The Labute approximate surface area is 75.8 Å². The zero-order valence-corrected chi connectivity index (χ0v) is 7.54. The molecule has 0 aromatic carbocycles. The SMILES string of the molecule is Cc1ccn2ncc(CCl)c2c1. The Balaban J connectivity index is 2.75. The minimum atomic E-state index is 0.521. The van der Waals surface area contributed by atoms with Crippen molar-refractivity contribution in [1.29, 1.82) is 0 Å². The van der Waals surface area contributed by atoms with Crippen molar-refractivity contribution in [2.45, 2.75) is 12.8 Å². The first-order valence-electron chi connectivity index (χ1n) is 3.80. The third kappa shape index (κ3) is 1.08. The highest BCUT2D eigenvalue weighted by atomic mass is 35.5. The molecule has 0 aliphatic carbocycles. The standard InChI is InChI=1S/C9H9ClN2/c1-7-2-3-12-9(4-7)8(5-10)6-11-12/h2-4,6H,5H2,1H3. The summed E-state index contributed by atoms with van der Waals surface area (Å²) in [6, 6.07) is 4.11. The second-order valence-electron chi connectivity index (χ2n) is 2.84. The molecule has 0 saturated heterocycles. The van der Waals surface area contributed by atoms with E-state index in [9.17, 15) is 0 Å². The highest BCUT2D eigenvalue weighted by molar-refractivity contribution is 6.17. The Kier molecular flexibility index (Phi) is 1.77. The second kappa shape index (κ2) is 2.79. The van der Waals surface area contributed by atoms with Crippen LogP contribution in [0.3, 0.4) is 0 Å². The summed E-state index contributed by atoms with van der Waals surface area (Å²) < 4.78 is 1.84. The molecule has 2 rings (SSSR count). The molecular formula is C9H9ClN2. The van der Waals surface area contributed by atoms with Gasteiger partial charge in [-0.3, -0.25) is 0 Å². The van der Waals surface area contributed by atoms with Gasteiger partial charge in [-0.05, 0) is 24.6 Å². The molecule has 12 heavy (non-hydrogen) atoms. The van der Waals surface area contributed by atoms with E-state index in [1.807, 2.05) is 23.0 Å². The number of rotatable bonds is 1. The van der Waals surface area contributed by atoms with E-state index in [0.717, 1.165) is 11.1 Å². The molecule has 0 N–H and O–H groups in total. The fraction of sp³-hybridized carbons (Fsp3) is 0.222. The molecule has 2 nitrogen and oxygen atoms in total. The number of aryl methyl sites for hydroxylation is 1. The van der Waals surface area contributed by atoms with Gasteiger partial charge >= 0.3 is 0 Å². The normalized spacial score (nSPS) is 10.8.